The van der Waals surface area contributed by atoms with Crippen LogP contribution in [-0.2, 0) is 16.1 Å². The molecule has 14 nitrogen and oxygen atoms in total. The zero-order valence-corrected chi connectivity index (χ0v) is 21.5. The van der Waals surface area contributed by atoms with E-state index in [0.717, 1.165) is 4.68 Å². The van der Waals surface area contributed by atoms with Crippen molar-refractivity contribution in [2.45, 2.75) is 42.7 Å². The second-order valence-corrected chi connectivity index (χ2v) is 9.15. The molecule has 1 aliphatic heterocycles. The van der Waals surface area contributed by atoms with Crippen LogP contribution in [0.1, 0.15) is 11.1 Å². The molecule has 1 fully saturated rings. The molecular formula is C27H28N4O10. The van der Waals surface area contributed by atoms with E-state index in [4.69, 9.17) is 19.7 Å². The number of aliphatic hydroxyl groups is 6. The van der Waals surface area contributed by atoms with E-state index in [1.807, 2.05) is 0 Å². The maximum absolute atomic E-state index is 11.3. The second-order valence-electron chi connectivity index (χ2n) is 9.15. The molecule has 6 atom stereocenters. The van der Waals surface area contributed by atoms with Crippen LogP contribution in [-0.4, -0.2) is 117 Å². The van der Waals surface area contributed by atoms with Crippen molar-refractivity contribution < 1.29 is 50.0 Å². The number of aromatic nitrogens is 4. The topological polar surface area (TPSA) is 213 Å². The molecule has 3 heterocycles. The second kappa shape index (κ2) is 12.9. The summed E-state index contributed by atoms with van der Waals surface area (Å²) in [6.07, 6.45) is -1.58. The van der Waals surface area contributed by atoms with Gasteiger partial charge in [0.05, 0.1) is 42.4 Å². The Labute approximate surface area is 233 Å². The van der Waals surface area contributed by atoms with Gasteiger partial charge >= 0.3 is 5.97 Å². The van der Waals surface area contributed by atoms with Gasteiger partial charge in [0.25, 0.3) is 0 Å². The SMILES string of the molecule is O=C(O)Cn1cc(C#C[C@@]2(O)[C@@H](C#Cc3cnn(-c4ccc(OC[C@H](O)CO)cc4)c3)O[C@H](CO)[C@@H](O)[C@@H]2O)cn1. The predicted octanol–water partition coefficient (Wildman–Crippen LogP) is -2.50. The lowest BCUT2D eigenvalue weighted by molar-refractivity contribution is -0.239. The Hall–Kier alpha value is -4.25. The van der Waals surface area contributed by atoms with E-state index in [2.05, 4.69) is 33.9 Å². The Balaban J connectivity index is 1.54. The first kappa shape index (κ1) is 29.7. The normalized spacial score (nSPS) is 24.4. The molecule has 3 aromatic rings. The van der Waals surface area contributed by atoms with Crippen molar-refractivity contribution >= 4 is 5.97 Å². The first-order valence-electron chi connectivity index (χ1n) is 12.3. The van der Waals surface area contributed by atoms with Crippen LogP contribution in [0.5, 0.6) is 5.75 Å². The van der Waals surface area contributed by atoms with Gasteiger partial charge in [-0.05, 0) is 24.3 Å². The lowest BCUT2D eigenvalue weighted by Gasteiger charge is -2.43. The summed E-state index contributed by atoms with van der Waals surface area (Å²) in [6.45, 7) is -1.53. The largest absolute Gasteiger partial charge is 0.491 e. The molecule has 0 spiro atoms. The molecule has 1 saturated heterocycles. The number of benzene rings is 1. The zero-order valence-electron chi connectivity index (χ0n) is 21.5. The van der Waals surface area contributed by atoms with Crippen LogP contribution in [0.25, 0.3) is 5.69 Å². The molecule has 0 aliphatic carbocycles. The van der Waals surface area contributed by atoms with Gasteiger partial charge in [-0.15, -0.1) is 0 Å². The van der Waals surface area contributed by atoms with Crippen molar-refractivity contribution in [2.75, 3.05) is 19.8 Å². The van der Waals surface area contributed by atoms with Crippen molar-refractivity contribution in [3.8, 4) is 35.1 Å². The highest BCUT2D eigenvalue weighted by Gasteiger charge is 2.53. The van der Waals surface area contributed by atoms with E-state index >= 15 is 0 Å². The van der Waals surface area contributed by atoms with Gasteiger partial charge in [0.1, 0.15) is 43.3 Å². The van der Waals surface area contributed by atoms with Crippen molar-refractivity contribution in [2.24, 2.45) is 0 Å². The number of aliphatic hydroxyl groups excluding tert-OH is 5. The van der Waals surface area contributed by atoms with Gasteiger partial charge in [-0.3, -0.25) is 9.48 Å². The monoisotopic (exact) mass is 568 g/mol. The van der Waals surface area contributed by atoms with E-state index < -0.39 is 61.8 Å². The number of carboxylic acids is 1. The molecule has 0 amide bonds. The van der Waals surface area contributed by atoms with Crippen LogP contribution in [0.15, 0.2) is 49.1 Å². The Morgan fingerprint density at radius 1 is 1.10 bits per heavy atom. The number of carbonyl (C=O) groups is 1. The molecule has 0 saturated carbocycles. The Morgan fingerprint density at radius 3 is 2.49 bits per heavy atom. The zero-order chi connectivity index (χ0) is 29.6. The molecule has 7 N–H and O–H groups in total. The summed E-state index contributed by atoms with van der Waals surface area (Å²) in [7, 11) is 0. The van der Waals surface area contributed by atoms with E-state index in [1.165, 1.54) is 23.3 Å². The molecule has 1 aromatic carbocycles. The summed E-state index contributed by atoms with van der Waals surface area (Å²) in [6, 6.07) is 6.75. The molecule has 0 bridgehead atoms. The molecule has 4 rings (SSSR count). The van der Waals surface area contributed by atoms with Crippen LogP contribution in [0, 0.1) is 23.7 Å². The molecule has 41 heavy (non-hydrogen) atoms. The smallest absolute Gasteiger partial charge is 0.325 e. The number of ether oxygens (including phenoxy) is 2. The van der Waals surface area contributed by atoms with Gasteiger partial charge in [-0.2, -0.15) is 10.2 Å². The summed E-state index contributed by atoms with van der Waals surface area (Å²) >= 11 is 0. The van der Waals surface area contributed by atoms with Crippen molar-refractivity contribution in [3.05, 3.63) is 60.2 Å². The van der Waals surface area contributed by atoms with E-state index in [1.54, 1.807) is 30.5 Å². The predicted molar refractivity (Wildman–Crippen MR) is 138 cm³/mol. The Kier molecular flexibility index (Phi) is 9.38. The van der Waals surface area contributed by atoms with Gasteiger partial charge in [0, 0.05) is 12.4 Å². The minimum Gasteiger partial charge on any atom is -0.491 e. The Morgan fingerprint density at radius 2 is 1.80 bits per heavy atom. The molecule has 14 heteroatoms. The molecule has 216 valence electrons. The number of carboxylic acid groups (broad SMARTS) is 1. The fraction of sp³-hybridized carbons (Fsp3) is 0.370. The lowest BCUT2D eigenvalue weighted by atomic mass is 9.82. The number of nitrogens with zero attached hydrogens (tertiary/aromatic N) is 4. The summed E-state index contributed by atoms with van der Waals surface area (Å²) in [5.74, 6) is 9.93. The van der Waals surface area contributed by atoms with Gasteiger partial charge in [-0.1, -0.05) is 23.7 Å². The van der Waals surface area contributed by atoms with Crippen LogP contribution in [0.2, 0.25) is 0 Å². The maximum atomic E-state index is 11.3. The van der Waals surface area contributed by atoms with Gasteiger partial charge < -0.3 is 45.2 Å². The average Bonchev–Trinajstić information content (AvgIpc) is 3.63. The highest BCUT2D eigenvalue weighted by atomic mass is 16.5. The van der Waals surface area contributed by atoms with Crippen molar-refractivity contribution in [1.82, 2.24) is 19.6 Å². The fourth-order valence-electron chi connectivity index (χ4n) is 3.86. The highest BCUT2D eigenvalue weighted by Crippen LogP contribution is 2.30. The lowest BCUT2D eigenvalue weighted by Crippen LogP contribution is -2.65. The molecule has 0 radical (unpaired) electrons. The standard InChI is InChI=1S/C27H28N4O10/c32-14-20(34)16-40-21-4-2-19(3-5-21)31-12-17(10-29-31)1-6-23-27(39,26(38)25(37)22(15-33)41-23)8-7-18-9-28-30(11-18)13-24(35)36/h2-5,9-12,20,22-23,25-26,32-34,37-39H,13-16H2,(H,35,36)/t20-,22-,23-,25-,26+,27-/m1/s1. The quantitative estimate of drug-likeness (QED) is 0.141. The minimum absolute atomic E-state index is 0.0610. The van der Waals surface area contributed by atoms with Gasteiger partial charge in [-0.25, -0.2) is 4.68 Å². The van der Waals surface area contributed by atoms with Crippen LogP contribution >= 0.6 is 0 Å². The van der Waals surface area contributed by atoms with Crippen LogP contribution in [0.4, 0.5) is 0 Å². The minimum atomic E-state index is -2.39. The number of aliphatic carboxylic acids is 1. The summed E-state index contributed by atoms with van der Waals surface area (Å²) in [4.78, 5) is 10.9. The number of hydrogen-bond donors (Lipinski definition) is 7. The van der Waals surface area contributed by atoms with Crippen molar-refractivity contribution in [3.63, 3.8) is 0 Å². The average molecular weight is 569 g/mol. The van der Waals surface area contributed by atoms with Crippen molar-refractivity contribution in [1.29, 1.82) is 0 Å². The first-order valence-corrected chi connectivity index (χ1v) is 12.3. The first-order chi connectivity index (χ1) is 19.6. The molecular weight excluding hydrogens is 540 g/mol. The Bertz CT molecular complexity index is 1460. The van der Waals surface area contributed by atoms with E-state index in [0.29, 0.717) is 17.0 Å². The number of rotatable bonds is 8. The number of hydrogen-bond acceptors (Lipinski definition) is 11. The fourth-order valence-corrected chi connectivity index (χ4v) is 3.86. The van der Waals surface area contributed by atoms with Gasteiger partial charge in [0.2, 0.25) is 0 Å². The molecule has 1 aliphatic rings. The third kappa shape index (κ3) is 7.10. The molecule has 2 aromatic heterocycles. The third-order valence-corrected chi connectivity index (χ3v) is 6.07. The highest BCUT2D eigenvalue weighted by molar-refractivity contribution is 5.66. The van der Waals surface area contributed by atoms with E-state index in [9.17, 15) is 30.3 Å². The maximum Gasteiger partial charge on any atom is 0.325 e. The summed E-state index contributed by atoms with van der Waals surface area (Å²) in [5, 5.41) is 77.3. The van der Waals surface area contributed by atoms with Gasteiger partial charge in [0.15, 0.2) is 11.7 Å². The summed E-state index contributed by atoms with van der Waals surface area (Å²) in [5.41, 5.74) is -1.08. The summed E-state index contributed by atoms with van der Waals surface area (Å²) < 4.78 is 13.6. The van der Waals surface area contributed by atoms with Crippen LogP contribution < -0.4 is 4.74 Å². The third-order valence-electron chi connectivity index (χ3n) is 6.07. The van der Waals surface area contributed by atoms with Crippen LogP contribution in [0.3, 0.4) is 0 Å². The van der Waals surface area contributed by atoms with E-state index in [-0.39, 0.29) is 12.2 Å². The molecule has 0 unspecified atom stereocenters.